The molecule has 1 saturated heterocycles. The number of hydrogen-bond donors (Lipinski definition) is 2. The molecule has 2 rings (SSSR count). The molecule has 0 saturated carbocycles. The number of aromatic nitrogens is 2. The first-order valence-corrected chi connectivity index (χ1v) is 7.41. The molecule has 0 aliphatic carbocycles. The summed E-state index contributed by atoms with van der Waals surface area (Å²) in [5.74, 6) is 5.72. The molecule has 19 heavy (non-hydrogen) atoms. The topological polar surface area (TPSA) is 65.1 Å². The molecule has 1 fully saturated rings. The fourth-order valence-corrected chi connectivity index (χ4v) is 2.73. The van der Waals surface area contributed by atoms with E-state index in [2.05, 4.69) is 35.1 Å². The normalized spacial score (nSPS) is 21.5. The van der Waals surface area contributed by atoms with E-state index in [9.17, 15) is 0 Å². The summed E-state index contributed by atoms with van der Waals surface area (Å²) in [5, 5.41) is 4.59. The van der Waals surface area contributed by atoms with Gasteiger partial charge >= 0.3 is 0 Å². The number of aryl methyl sites for hydroxylation is 2. The van der Waals surface area contributed by atoms with Crippen molar-refractivity contribution in [2.24, 2.45) is 5.84 Å². The third kappa shape index (κ3) is 3.55. The first-order valence-electron chi connectivity index (χ1n) is 7.41. The Morgan fingerprint density at radius 2 is 2.37 bits per heavy atom. The first kappa shape index (κ1) is 14.5. The number of nitrogens with zero attached hydrogens (tertiary/aromatic N) is 2. The molecule has 2 heterocycles. The van der Waals surface area contributed by atoms with Gasteiger partial charge in [0.1, 0.15) is 0 Å². The van der Waals surface area contributed by atoms with E-state index in [1.807, 2.05) is 0 Å². The molecule has 0 aromatic carbocycles. The molecule has 0 bridgehead atoms. The van der Waals surface area contributed by atoms with Crippen LogP contribution >= 0.6 is 0 Å². The minimum atomic E-state index is 0.173. The van der Waals surface area contributed by atoms with Gasteiger partial charge in [-0.1, -0.05) is 6.92 Å². The average Bonchev–Trinajstić information content (AvgIpc) is 2.87. The third-order valence-corrected chi connectivity index (χ3v) is 3.88. The van der Waals surface area contributed by atoms with E-state index in [-0.39, 0.29) is 12.1 Å². The Morgan fingerprint density at radius 3 is 2.95 bits per heavy atom. The van der Waals surface area contributed by atoms with Crippen molar-refractivity contribution in [3.63, 3.8) is 0 Å². The van der Waals surface area contributed by atoms with E-state index in [4.69, 9.17) is 10.6 Å². The summed E-state index contributed by atoms with van der Waals surface area (Å²) in [6, 6.07) is 2.36. The molecular weight excluding hydrogens is 240 g/mol. The van der Waals surface area contributed by atoms with E-state index in [0.29, 0.717) is 0 Å². The summed E-state index contributed by atoms with van der Waals surface area (Å²) < 4.78 is 7.91. The Hall–Kier alpha value is -0.910. The average molecular weight is 266 g/mol. The maximum absolute atomic E-state index is 5.84. The lowest BCUT2D eigenvalue weighted by atomic mass is 9.98. The van der Waals surface area contributed by atoms with E-state index in [0.717, 1.165) is 38.1 Å². The molecule has 2 unspecified atom stereocenters. The maximum atomic E-state index is 5.84. The van der Waals surface area contributed by atoms with Crippen LogP contribution < -0.4 is 11.3 Å². The highest BCUT2D eigenvalue weighted by atomic mass is 16.5. The van der Waals surface area contributed by atoms with Gasteiger partial charge in [-0.05, 0) is 38.7 Å². The van der Waals surface area contributed by atoms with Crippen molar-refractivity contribution in [2.75, 3.05) is 6.61 Å². The Bertz CT molecular complexity index is 385. The number of nitrogens with one attached hydrogen (secondary N) is 1. The number of nitrogens with two attached hydrogens (primary N) is 1. The van der Waals surface area contributed by atoms with Crippen molar-refractivity contribution >= 4 is 0 Å². The van der Waals surface area contributed by atoms with Crippen LogP contribution in [0.15, 0.2) is 6.07 Å². The van der Waals surface area contributed by atoms with Crippen molar-refractivity contribution in [1.82, 2.24) is 15.2 Å². The molecule has 108 valence electrons. The second kappa shape index (κ2) is 7.03. The van der Waals surface area contributed by atoms with Crippen LogP contribution in [-0.2, 0) is 24.1 Å². The van der Waals surface area contributed by atoms with Crippen molar-refractivity contribution in [3.05, 3.63) is 17.5 Å². The molecule has 0 radical (unpaired) electrons. The molecular formula is C14H26N4O. The van der Waals surface area contributed by atoms with E-state index in [1.165, 1.54) is 18.5 Å². The zero-order chi connectivity index (χ0) is 13.7. The lowest BCUT2D eigenvalue weighted by Crippen LogP contribution is -2.48. The molecule has 0 amide bonds. The number of hydrazine groups is 1. The van der Waals surface area contributed by atoms with Gasteiger partial charge in [0.15, 0.2) is 0 Å². The first-order chi connectivity index (χ1) is 9.28. The summed E-state index contributed by atoms with van der Waals surface area (Å²) in [7, 11) is 0. The minimum Gasteiger partial charge on any atom is -0.377 e. The molecule has 1 aliphatic rings. The van der Waals surface area contributed by atoms with Gasteiger partial charge in [-0.3, -0.25) is 16.0 Å². The van der Waals surface area contributed by atoms with Crippen LogP contribution in [0.1, 0.15) is 44.5 Å². The predicted octanol–water partition coefficient (Wildman–Crippen LogP) is 1.41. The Kier molecular flexibility index (Phi) is 5.36. The SMILES string of the molecule is CCc1cc(CC(NN)C2CCCCO2)n(CC)n1. The van der Waals surface area contributed by atoms with E-state index >= 15 is 0 Å². The molecule has 1 aromatic rings. The summed E-state index contributed by atoms with van der Waals surface area (Å²) in [5.41, 5.74) is 5.33. The van der Waals surface area contributed by atoms with Gasteiger partial charge in [0.25, 0.3) is 0 Å². The van der Waals surface area contributed by atoms with Crippen molar-refractivity contribution in [2.45, 2.75) is 64.6 Å². The van der Waals surface area contributed by atoms with E-state index in [1.54, 1.807) is 0 Å². The Balaban J connectivity index is 2.06. The Labute approximate surface area is 115 Å². The Morgan fingerprint density at radius 1 is 1.53 bits per heavy atom. The standard InChI is InChI=1S/C14H26N4O/c1-3-11-9-12(18(4-2)17-11)10-13(16-15)14-7-5-6-8-19-14/h9,13-14,16H,3-8,10,15H2,1-2H3. The van der Waals surface area contributed by atoms with Crippen LogP contribution in [-0.4, -0.2) is 28.5 Å². The molecule has 2 atom stereocenters. The van der Waals surface area contributed by atoms with Gasteiger partial charge in [-0.15, -0.1) is 0 Å². The molecule has 0 spiro atoms. The van der Waals surface area contributed by atoms with Crippen LogP contribution in [0.4, 0.5) is 0 Å². The molecule has 5 heteroatoms. The fraction of sp³-hybridized carbons (Fsp3) is 0.786. The van der Waals surface area contributed by atoms with Crippen molar-refractivity contribution < 1.29 is 4.74 Å². The monoisotopic (exact) mass is 266 g/mol. The van der Waals surface area contributed by atoms with E-state index < -0.39 is 0 Å². The van der Waals surface area contributed by atoms with Gasteiger partial charge in [-0.2, -0.15) is 5.10 Å². The van der Waals surface area contributed by atoms with Crippen molar-refractivity contribution in [1.29, 1.82) is 0 Å². The predicted molar refractivity (Wildman–Crippen MR) is 75.7 cm³/mol. The lowest BCUT2D eigenvalue weighted by Gasteiger charge is -2.30. The number of hydrogen-bond acceptors (Lipinski definition) is 4. The van der Waals surface area contributed by atoms with Crippen LogP contribution in [0.3, 0.4) is 0 Å². The minimum absolute atomic E-state index is 0.173. The molecule has 5 nitrogen and oxygen atoms in total. The van der Waals surface area contributed by atoms with Gasteiger partial charge < -0.3 is 4.74 Å². The molecule has 1 aliphatic heterocycles. The maximum Gasteiger partial charge on any atom is 0.0745 e. The number of rotatable bonds is 6. The summed E-state index contributed by atoms with van der Waals surface area (Å²) >= 11 is 0. The van der Waals surface area contributed by atoms with Gasteiger partial charge in [0, 0.05) is 25.3 Å². The second-order valence-electron chi connectivity index (χ2n) is 5.18. The quantitative estimate of drug-likeness (QED) is 0.603. The van der Waals surface area contributed by atoms with Crippen molar-refractivity contribution in [3.8, 4) is 0 Å². The summed E-state index contributed by atoms with van der Waals surface area (Å²) in [4.78, 5) is 0. The zero-order valence-electron chi connectivity index (χ0n) is 12.1. The molecule has 3 N–H and O–H groups in total. The van der Waals surface area contributed by atoms with Crippen LogP contribution in [0.25, 0.3) is 0 Å². The zero-order valence-corrected chi connectivity index (χ0v) is 12.1. The lowest BCUT2D eigenvalue weighted by molar-refractivity contribution is -0.00781. The highest BCUT2D eigenvalue weighted by Crippen LogP contribution is 2.19. The highest BCUT2D eigenvalue weighted by molar-refractivity contribution is 5.12. The summed E-state index contributed by atoms with van der Waals surface area (Å²) in [6.45, 7) is 6.02. The van der Waals surface area contributed by atoms with Crippen LogP contribution in [0.2, 0.25) is 0 Å². The number of ether oxygens (including phenoxy) is 1. The second-order valence-corrected chi connectivity index (χ2v) is 5.18. The van der Waals surface area contributed by atoms with Crippen LogP contribution in [0, 0.1) is 0 Å². The van der Waals surface area contributed by atoms with Gasteiger partial charge in [0.05, 0.1) is 17.8 Å². The highest BCUT2D eigenvalue weighted by Gasteiger charge is 2.25. The smallest absolute Gasteiger partial charge is 0.0745 e. The van der Waals surface area contributed by atoms with Gasteiger partial charge in [-0.25, -0.2) is 0 Å². The third-order valence-electron chi connectivity index (χ3n) is 3.88. The largest absolute Gasteiger partial charge is 0.377 e. The summed E-state index contributed by atoms with van der Waals surface area (Å²) in [6.07, 6.45) is 5.57. The fourth-order valence-electron chi connectivity index (χ4n) is 2.73. The van der Waals surface area contributed by atoms with Gasteiger partial charge in [0.2, 0.25) is 0 Å². The van der Waals surface area contributed by atoms with Crippen LogP contribution in [0.5, 0.6) is 0 Å². The molecule has 1 aromatic heterocycles.